The summed E-state index contributed by atoms with van der Waals surface area (Å²) < 4.78 is 0. The van der Waals surface area contributed by atoms with Gasteiger partial charge in [0.1, 0.15) is 6.10 Å². The summed E-state index contributed by atoms with van der Waals surface area (Å²) in [6, 6.07) is 6.92. The molecule has 0 fully saturated rings. The third kappa shape index (κ3) is 4.52. The summed E-state index contributed by atoms with van der Waals surface area (Å²) in [6.07, 6.45) is -1.23. The van der Waals surface area contributed by atoms with Crippen LogP contribution in [0.15, 0.2) is 24.3 Å². The van der Waals surface area contributed by atoms with Crippen LogP contribution >= 0.6 is 0 Å². The smallest absolute Gasteiger partial charge is 0.248 e. The van der Waals surface area contributed by atoms with Gasteiger partial charge in [-0.05, 0) is 17.7 Å². The highest BCUT2D eigenvalue weighted by Gasteiger charge is 2.12. The zero-order chi connectivity index (χ0) is 12.8. The van der Waals surface area contributed by atoms with E-state index >= 15 is 0 Å². The third-order valence-electron chi connectivity index (χ3n) is 2.14. The van der Waals surface area contributed by atoms with Gasteiger partial charge in [0.2, 0.25) is 11.8 Å². The van der Waals surface area contributed by atoms with Gasteiger partial charge < -0.3 is 21.9 Å². The lowest BCUT2D eigenvalue weighted by atomic mass is 10.1. The van der Waals surface area contributed by atoms with Crippen LogP contribution in [0.5, 0.6) is 0 Å². The van der Waals surface area contributed by atoms with E-state index in [4.69, 9.17) is 16.6 Å². The number of nitrogens with one attached hydrogen (secondary N) is 1. The first-order valence-corrected chi connectivity index (χ1v) is 5.07. The molecule has 1 aromatic carbocycles. The van der Waals surface area contributed by atoms with E-state index in [9.17, 15) is 9.59 Å². The van der Waals surface area contributed by atoms with Gasteiger partial charge in [0.05, 0.1) is 13.0 Å². The van der Waals surface area contributed by atoms with Crippen molar-refractivity contribution in [3.05, 3.63) is 29.8 Å². The second-order valence-electron chi connectivity index (χ2n) is 3.64. The fourth-order valence-corrected chi connectivity index (χ4v) is 1.26. The van der Waals surface area contributed by atoms with Gasteiger partial charge in [-0.15, -0.1) is 0 Å². The molecule has 1 atom stereocenters. The molecule has 6 heteroatoms. The average molecular weight is 237 g/mol. The topological polar surface area (TPSA) is 118 Å². The van der Waals surface area contributed by atoms with Crippen LogP contribution in [0.2, 0.25) is 0 Å². The van der Waals surface area contributed by atoms with Crippen molar-refractivity contribution in [3.8, 4) is 0 Å². The van der Waals surface area contributed by atoms with Crippen LogP contribution in [0.4, 0.5) is 5.69 Å². The Hall–Kier alpha value is -2.08. The molecular weight excluding hydrogens is 222 g/mol. The normalized spacial score (nSPS) is 11.8. The van der Waals surface area contributed by atoms with Crippen molar-refractivity contribution in [1.82, 2.24) is 5.32 Å². The highest BCUT2D eigenvalue weighted by molar-refractivity contribution is 5.82. The maximum atomic E-state index is 11.4. The molecule has 92 valence electrons. The number of hydrogen-bond donors (Lipinski definition) is 4. The minimum atomic E-state index is -1.36. The molecule has 0 saturated carbocycles. The van der Waals surface area contributed by atoms with E-state index in [1.54, 1.807) is 24.3 Å². The predicted octanol–water partition coefficient (Wildman–Crippen LogP) is -1.23. The predicted molar refractivity (Wildman–Crippen MR) is 62.8 cm³/mol. The SMILES string of the molecule is NC(=O)C(O)CNC(=O)Cc1cccc(N)c1. The van der Waals surface area contributed by atoms with Gasteiger partial charge in [-0.2, -0.15) is 0 Å². The number of hydrogen-bond acceptors (Lipinski definition) is 4. The number of anilines is 1. The van der Waals surface area contributed by atoms with Crippen molar-refractivity contribution in [1.29, 1.82) is 0 Å². The number of benzene rings is 1. The minimum Gasteiger partial charge on any atom is -0.399 e. The van der Waals surface area contributed by atoms with Crippen LogP contribution in [-0.4, -0.2) is 29.6 Å². The Morgan fingerprint density at radius 3 is 2.71 bits per heavy atom. The number of primary amides is 1. The second kappa shape index (κ2) is 5.86. The monoisotopic (exact) mass is 237 g/mol. The first kappa shape index (κ1) is 13.0. The van der Waals surface area contributed by atoms with Gasteiger partial charge in [0.15, 0.2) is 0 Å². The average Bonchev–Trinajstić information content (AvgIpc) is 2.25. The summed E-state index contributed by atoms with van der Waals surface area (Å²) in [4.78, 5) is 22.0. The molecule has 0 aliphatic heterocycles. The largest absolute Gasteiger partial charge is 0.399 e. The fourth-order valence-electron chi connectivity index (χ4n) is 1.26. The maximum absolute atomic E-state index is 11.4. The quantitative estimate of drug-likeness (QED) is 0.479. The Kier molecular flexibility index (Phi) is 4.47. The van der Waals surface area contributed by atoms with E-state index < -0.39 is 12.0 Å². The van der Waals surface area contributed by atoms with Crippen LogP contribution in [0, 0.1) is 0 Å². The van der Waals surface area contributed by atoms with Crippen LogP contribution in [0.25, 0.3) is 0 Å². The standard InChI is InChI=1S/C11H15N3O3/c12-8-3-1-2-7(4-8)5-10(16)14-6-9(15)11(13)17/h1-4,9,15H,5-6,12H2,(H2,13,17)(H,14,16). The van der Waals surface area contributed by atoms with Crippen LogP contribution in [-0.2, 0) is 16.0 Å². The Morgan fingerprint density at radius 2 is 2.12 bits per heavy atom. The lowest BCUT2D eigenvalue weighted by Gasteiger charge is -2.08. The number of nitrogens with two attached hydrogens (primary N) is 2. The summed E-state index contributed by atoms with van der Waals surface area (Å²) in [5.41, 5.74) is 11.7. The number of amides is 2. The number of nitrogen functional groups attached to an aromatic ring is 1. The lowest BCUT2D eigenvalue weighted by Crippen LogP contribution is -2.40. The van der Waals surface area contributed by atoms with E-state index in [-0.39, 0.29) is 18.9 Å². The first-order chi connectivity index (χ1) is 7.99. The number of carbonyl (C=O) groups excluding carboxylic acids is 2. The van der Waals surface area contributed by atoms with Gasteiger partial charge >= 0.3 is 0 Å². The van der Waals surface area contributed by atoms with Gasteiger partial charge in [-0.25, -0.2) is 0 Å². The van der Waals surface area contributed by atoms with Crippen molar-refractivity contribution >= 4 is 17.5 Å². The minimum absolute atomic E-state index is 0.135. The number of rotatable bonds is 5. The molecule has 2 amide bonds. The van der Waals surface area contributed by atoms with Crippen molar-refractivity contribution in [2.75, 3.05) is 12.3 Å². The van der Waals surface area contributed by atoms with E-state index in [1.807, 2.05) is 0 Å². The molecule has 0 aromatic heterocycles. The maximum Gasteiger partial charge on any atom is 0.248 e. The van der Waals surface area contributed by atoms with Crippen LogP contribution in [0.1, 0.15) is 5.56 Å². The highest BCUT2D eigenvalue weighted by atomic mass is 16.3. The Balaban J connectivity index is 2.42. The molecule has 1 rings (SSSR count). The molecule has 1 aromatic rings. The molecule has 6 N–H and O–H groups in total. The zero-order valence-electron chi connectivity index (χ0n) is 9.22. The summed E-state index contributed by atoms with van der Waals surface area (Å²) in [5.74, 6) is -1.18. The summed E-state index contributed by atoms with van der Waals surface area (Å²) in [6.45, 7) is -0.184. The van der Waals surface area contributed by atoms with Gasteiger partial charge in [-0.1, -0.05) is 12.1 Å². The number of aliphatic hydroxyl groups is 1. The zero-order valence-corrected chi connectivity index (χ0v) is 9.22. The number of carbonyl (C=O) groups is 2. The third-order valence-corrected chi connectivity index (χ3v) is 2.14. The molecule has 0 saturated heterocycles. The Labute approximate surface area is 98.6 Å². The molecular formula is C11H15N3O3. The van der Waals surface area contributed by atoms with Crippen molar-refractivity contribution in [2.24, 2.45) is 5.73 Å². The fraction of sp³-hybridized carbons (Fsp3) is 0.273. The molecule has 1 unspecified atom stereocenters. The summed E-state index contributed by atoms with van der Waals surface area (Å²) in [7, 11) is 0. The first-order valence-electron chi connectivity index (χ1n) is 5.07. The molecule has 0 aliphatic carbocycles. The van der Waals surface area contributed by atoms with E-state index in [0.717, 1.165) is 5.56 Å². The van der Waals surface area contributed by atoms with E-state index in [0.29, 0.717) is 5.69 Å². The van der Waals surface area contributed by atoms with E-state index in [2.05, 4.69) is 5.32 Å². The lowest BCUT2D eigenvalue weighted by molar-refractivity contribution is -0.126. The highest BCUT2D eigenvalue weighted by Crippen LogP contribution is 2.06. The molecule has 17 heavy (non-hydrogen) atoms. The van der Waals surface area contributed by atoms with Crippen molar-refractivity contribution in [3.63, 3.8) is 0 Å². The van der Waals surface area contributed by atoms with Crippen molar-refractivity contribution < 1.29 is 14.7 Å². The Bertz CT molecular complexity index is 420. The molecule has 0 bridgehead atoms. The molecule has 0 heterocycles. The summed E-state index contributed by atoms with van der Waals surface area (Å²) in [5, 5.41) is 11.5. The van der Waals surface area contributed by atoms with Gasteiger partial charge in [0, 0.05) is 5.69 Å². The van der Waals surface area contributed by atoms with Crippen molar-refractivity contribution in [2.45, 2.75) is 12.5 Å². The molecule has 0 spiro atoms. The molecule has 6 nitrogen and oxygen atoms in total. The Morgan fingerprint density at radius 1 is 1.41 bits per heavy atom. The van der Waals surface area contributed by atoms with Gasteiger partial charge in [-0.3, -0.25) is 9.59 Å². The van der Waals surface area contributed by atoms with Crippen LogP contribution in [0.3, 0.4) is 0 Å². The van der Waals surface area contributed by atoms with Crippen LogP contribution < -0.4 is 16.8 Å². The number of aliphatic hydroxyl groups excluding tert-OH is 1. The second-order valence-corrected chi connectivity index (χ2v) is 3.64. The van der Waals surface area contributed by atoms with E-state index in [1.165, 1.54) is 0 Å². The van der Waals surface area contributed by atoms with Gasteiger partial charge in [0.25, 0.3) is 0 Å². The molecule has 0 radical (unpaired) electrons. The summed E-state index contributed by atoms with van der Waals surface area (Å²) >= 11 is 0. The molecule has 0 aliphatic rings.